The zero-order valence-corrected chi connectivity index (χ0v) is 22.7. The third kappa shape index (κ3) is 9.46. The number of amides is 3. The molecule has 8 nitrogen and oxygen atoms in total. The molecule has 37 heavy (non-hydrogen) atoms. The first kappa shape index (κ1) is 29.7. The Hall–Kier alpha value is -3.52. The summed E-state index contributed by atoms with van der Waals surface area (Å²) in [5.41, 5.74) is 0.428. The fourth-order valence-electron chi connectivity index (χ4n) is 4.48. The van der Waals surface area contributed by atoms with Crippen molar-refractivity contribution in [2.75, 3.05) is 6.54 Å². The lowest BCUT2D eigenvalue weighted by Crippen LogP contribution is -2.54. The summed E-state index contributed by atoms with van der Waals surface area (Å²) in [5, 5.41) is 15.4. The second kappa shape index (κ2) is 13.7. The van der Waals surface area contributed by atoms with E-state index in [9.17, 15) is 19.6 Å². The van der Waals surface area contributed by atoms with Crippen molar-refractivity contribution < 1.29 is 19.1 Å². The molecule has 0 saturated heterocycles. The minimum Gasteiger partial charge on any atom is -0.444 e. The molecule has 0 radical (unpaired) electrons. The van der Waals surface area contributed by atoms with E-state index in [2.05, 4.69) is 16.6 Å². The molecule has 2 N–H and O–H groups in total. The number of alkyl carbamates (subject to hydrolysis) is 1. The van der Waals surface area contributed by atoms with Gasteiger partial charge in [0, 0.05) is 11.6 Å². The van der Waals surface area contributed by atoms with E-state index in [-0.39, 0.29) is 24.4 Å². The first-order valence-electron chi connectivity index (χ1n) is 13.0. The standard InChI is InChI=1S/C29H40N4O4/c1-7-21-13-15-22(16-14-21)25(26(34)31-23-11-9-8-10-12-23)33(18-17-30)27(35)24(19-20(2)3)32-28(36)37-29(4,5)6/h1,13-16,20,23-25H,8-12,18-19H2,2-6H3,(H,31,34)(H,32,36). The van der Waals surface area contributed by atoms with Gasteiger partial charge in [-0.3, -0.25) is 9.59 Å². The van der Waals surface area contributed by atoms with Crippen LogP contribution in [0.15, 0.2) is 24.3 Å². The Labute approximate surface area is 221 Å². The van der Waals surface area contributed by atoms with E-state index in [1.807, 2.05) is 19.9 Å². The first-order valence-corrected chi connectivity index (χ1v) is 13.0. The summed E-state index contributed by atoms with van der Waals surface area (Å²) >= 11 is 0. The highest BCUT2D eigenvalue weighted by Crippen LogP contribution is 2.26. The number of terminal acetylenes is 1. The second-order valence-corrected chi connectivity index (χ2v) is 11.0. The number of carbonyl (C=O) groups is 3. The summed E-state index contributed by atoms with van der Waals surface area (Å²) in [6.45, 7) is 8.73. The fraction of sp³-hybridized carbons (Fsp3) is 0.586. The molecule has 3 amide bonds. The van der Waals surface area contributed by atoms with Crippen LogP contribution in [0.25, 0.3) is 0 Å². The van der Waals surface area contributed by atoms with E-state index < -0.39 is 29.7 Å². The third-order valence-electron chi connectivity index (χ3n) is 6.12. The molecule has 0 heterocycles. The van der Waals surface area contributed by atoms with Gasteiger partial charge in [0.2, 0.25) is 11.8 Å². The van der Waals surface area contributed by atoms with Gasteiger partial charge in [-0.25, -0.2) is 4.79 Å². The summed E-state index contributed by atoms with van der Waals surface area (Å²) < 4.78 is 5.37. The first-order chi connectivity index (χ1) is 17.4. The van der Waals surface area contributed by atoms with Gasteiger partial charge in [-0.2, -0.15) is 5.26 Å². The highest BCUT2D eigenvalue weighted by molar-refractivity contribution is 5.92. The number of hydrogen-bond donors (Lipinski definition) is 2. The maximum absolute atomic E-state index is 13.9. The van der Waals surface area contributed by atoms with Crippen molar-refractivity contribution in [2.24, 2.45) is 5.92 Å². The zero-order valence-electron chi connectivity index (χ0n) is 22.7. The number of rotatable bonds is 9. The summed E-state index contributed by atoms with van der Waals surface area (Å²) in [6, 6.07) is 6.83. The van der Waals surface area contributed by atoms with Gasteiger partial charge >= 0.3 is 6.09 Å². The minimum absolute atomic E-state index is 0.0131. The lowest BCUT2D eigenvalue weighted by atomic mass is 9.94. The average molecular weight is 509 g/mol. The van der Waals surface area contributed by atoms with Crippen LogP contribution in [0.3, 0.4) is 0 Å². The lowest BCUT2D eigenvalue weighted by molar-refractivity contribution is -0.142. The molecule has 0 aromatic heterocycles. The van der Waals surface area contributed by atoms with Gasteiger partial charge in [0.25, 0.3) is 0 Å². The number of ether oxygens (including phenoxy) is 1. The molecule has 1 aliphatic carbocycles. The Balaban J connectivity index is 2.44. The molecule has 1 aromatic carbocycles. The van der Waals surface area contributed by atoms with Crippen LogP contribution in [0.2, 0.25) is 0 Å². The predicted octanol–water partition coefficient (Wildman–Crippen LogP) is 4.45. The molecule has 0 spiro atoms. The molecule has 1 aromatic rings. The van der Waals surface area contributed by atoms with E-state index in [1.165, 1.54) is 4.90 Å². The number of nitriles is 1. The lowest BCUT2D eigenvalue weighted by Gasteiger charge is -2.34. The van der Waals surface area contributed by atoms with Crippen LogP contribution in [0.4, 0.5) is 4.79 Å². The van der Waals surface area contributed by atoms with E-state index >= 15 is 0 Å². The number of nitrogens with zero attached hydrogens (tertiary/aromatic N) is 2. The molecule has 2 unspecified atom stereocenters. The minimum atomic E-state index is -1.06. The molecular formula is C29H40N4O4. The molecular weight excluding hydrogens is 468 g/mol. The highest BCUT2D eigenvalue weighted by Gasteiger charge is 2.37. The summed E-state index contributed by atoms with van der Waals surface area (Å²) in [6.07, 6.45) is 10.0. The quantitative estimate of drug-likeness (QED) is 0.378. The van der Waals surface area contributed by atoms with Crippen LogP contribution in [-0.2, 0) is 14.3 Å². The molecule has 2 rings (SSSR count). The second-order valence-electron chi connectivity index (χ2n) is 11.0. The van der Waals surface area contributed by atoms with Crippen LogP contribution < -0.4 is 10.6 Å². The number of nitrogens with one attached hydrogen (secondary N) is 2. The monoisotopic (exact) mass is 508 g/mol. The average Bonchev–Trinajstić information content (AvgIpc) is 2.82. The van der Waals surface area contributed by atoms with Gasteiger partial charge in [0.15, 0.2) is 0 Å². The van der Waals surface area contributed by atoms with Gasteiger partial charge < -0.3 is 20.3 Å². The Morgan fingerprint density at radius 2 is 1.76 bits per heavy atom. The topological polar surface area (TPSA) is 112 Å². The van der Waals surface area contributed by atoms with E-state index in [0.717, 1.165) is 32.1 Å². The Morgan fingerprint density at radius 1 is 1.14 bits per heavy atom. The van der Waals surface area contributed by atoms with Crippen molar-refractivity contribution in [1.29, 1.82) is 5.26 Å². The number of carbonyl (C=O) groups excluding carboxylic acids is 3. The van der Waals surface area contributed by atoms with E-state index in [1.54, 1.807) is 45.0 Å². The smallest absolute Gasteiger partial charge is 0.408 e. The largest absolute Gasteiger partial charge is 0.444 e. The summed E-state index contributed by atoms with van der Waals surface area (Å²) in [4.78, 5) is 41.4. The summed E-state index contributed by atoms with van der Waals surface area (Å²) in [5.74, 6) is 1.72. The van der Waals surface area contributed by atoms with Gasteiger partial charge in [0.1, 0.15) is 24.2 Å². The van der Waals surface area contributed by atoms with Gasteiger partial charge in [0.05, 0.1) is 6.07 Å². The van der Waals surface area contributed by atoms with Crippen molar-refractivity contribution in [3.8, 4) is 18.4 Å². The van der Waals surface area contributed by atoms with Crippen LogP contribution in [0, 0.1) is 29.6 Å². The normalized spacial score (nSPS) is 15.6. The van der Waals surface area contributed by atoms with Crippen molar-refractivity contribution >= 4 is 17.9 Å². The third-order valence-corrected chi connectivity index (χ3v) is 6.12. The zero-order chi connectivity index (χ0) is 27.6. The van der Waals surface area contributed by atoms with Gasteiger partial charge in [-0.15, -0.1) is 6.42 Å². The molecule has 1 aliphatic rings. The predicted molar refractivity (Wildman–Crippen MR) is 142 cm³/mol. The molecule has 1 fully saturated rings. The van der Waals surface area contributed by atoms with Crippen molar-refractivity contribution in [1.82, 2.24) is 15.5 Å². The van der Waals surface area contributed by atoms with Crippen molar-refractivity contribution in [2.45, 2.75) is 96.9 Å². The van der Waals surface area contributed by atoms with Crippen molar-refractivity contribution in [3.63, 3.8) is 0 Å². The fourth-order valence-corrected chi connectivity index (χ4v) is 4.48. The van der Waals surface area contributed by atoms with Crippen LogP contribution in [-0.4, -0.2) is 47.0 Å². The molecule has 200 valence electrons. The SMILES string of the molecule is C#Cc1ccc(C(C(=O)NC2CCCCC2)N(CC#N)C(=O)C(CC(C)C)NC(=O)OC(C)(C)C)cc1. The molecule has 8 heteroatoms. The molecule has 2 atom stereocenters. The van der Waals surface area contributed by atoms with Crippen LogP contribution in [0.1, 0.15) is 90.3 Å². The number of hydrogen-bond acceptors (Lipinski definition) is 5. The van der Waals surface area contributed by atoms with Crippen molar-refractivity contribution in [3.05, 3.63) is 35.4 Å². The Bertz CT molecular complexity index is 1010. The number of benzene rings is 1. The Kier molecular flexibility index (Phi) is 11.0. The van der Waals surface area contributed by atoms with Gasteiger partial charge in [-0.1, -0.05) is 51.2 Å². The van der Waals surface area contributed by atoms with E-state index in [0.29, 0.717) is 17.5 Å². The van der Waals surface area contributed by atoms with Crippen LogP contribution in [0.5, 0.6) is 0 Å². The van der Waals surface area contributed by atoms with Crippen LogP contribution >= 0.6 is 0 Å². The maximum Gasteiger partial charge on any atom is 0.408 e. The Morgan fingerprint density at radius 3 is 2.27 bits per heavy atom. The van der Waals surface area contributed by atoms with E-state index in [4.69, 9.17) is 11.2 Å². The molecule has 1 saturated carbocycles. The molecule has 0 bridgehead atoms. The molecule has 0 aliphatic heterocycles. The van der Waals surface area contributed by atoms with Gasteiger partial charge in [-0.05, 0) is 63.6 Å². The maximum atomic E-state index is 13.9. The summed E-state index contributed by atoms with van der Waals surface area (Å²) in [7, 11) is 0. The highest BCUT2D eigenvalue weighted by atomic mass is 16.6.